The molecule has 1 saturated heterocycles. The van der Waals surface area contributed by atoms with Crippen molar-refractivity contribution < 1.29 is 28.6 Å². The van der Waals surface area contributed by atoms with Crippen LogP contribution in [0.15, 0.2) is 30.3 Å². The molecule has 218 valence electrons. The number of carbonyl (C=O) groups excluding carboxylic acids is 3. The van der Waals surface area contributed by atoms with Gasteiger partial charge in [0.15, 0.2) is 0 Å². The predicted molar refractivity (Wildman–Crippen MR) is 153 cm³/mol. The van der Waals surface area contributed by atoms with Crippen LogP contribution in [0.3, 0.4) is 0 Å². The first-order valence-corrected chi connectivity index (χ1v) is 14.1. The average molecular weight is 554 g/mol. The van der Waals surface area contributed by atoms with Crippen LogP contribution >= 0.6 is 0 Å². The molecule has 0 aliphatic carbocycles. The van der Waals surface area contributed by atoms with E-state index in [0.29, 0.717) is 6.54 Å². The molecule has 1 fully saturated rings. The van der Waals surface area contributed by atoms with E-state index >= 15 is 0 Å². The number of ether oxygens (including phenoxy) is 3. The van der Waals surface area contributed by atoms with Crippen molar-refractivity contribution in [3.05, 3.63) is 41.5 Å². The van der Waals surface area contributed by atoms with Gasteiger partial charge in [-0.2, -0.15) is 0 Å². The number of aryl methyl sites for hydroxylation is 1. The molecule has 0 unspecified atom stereocenters. The molecule has 40 heavy (non-hydrogen) atoms. The van der Waals surface area contributed by atoms with Crippen LogP contribution in [-0.4, -0.2) is 69.3 Å². The Labute approximate surface area is 236 Å². The summed E-state index contributed by atoms with van der Waals surface area (Å²) in [7, 11) is 4.62. The highest BCUT2D eigenvalue weighted by atomic mass is 16.5. The van der Waals surface area contributed by atoms with Gasteiger partial charge in [0, 0.05) is 20.1 Å². The summed E-state index contributed by atoms with van der Waals surface area (Å²) in [6.07, 6.45) is 4.97. The predicted octanol–water partition coefficient (Wildman–Crippen LogP) is 4.29. The Balaban J connectivity index is 1.82. The van der Waals surface area contributed by atoms with E-state index in [9.17, 15) is 14.4 Å². The molecule has 3 atom stereocenters. The third kappa shape index (κ3) is 6.04. The van der Waals surface area contributed by atoms with Gasteiger partial charge >= 0.3 is 12.0 Å². The van der Waals surface area contributed by atoms with Gasteiger partial charge in [0.25, 0.3) is 0 Å². The van der Waals surface area contributed by atoms with Gasteiger partial charge < -0.3 is 29.7 Å². The molecule has 0 aromatic heterocycles. The summed E-state index contributed by atoms with van der Waals surface area (Å²) in [5.74, 6) is 0.00425. The molecule has 0 radical (unpaired) electrons. The molecule has 2 heterocycles. The second kappa shape index (κ2) is 12.0. The van der Waals surface area contributed by atoms with Crippen molar-refractivity contribution in [3.63, 3.8) is 0 Å². The second-order valence-electron chi connectivity index (χ2n) is 12.0. The number of rotatable bonds is 3. The van der Waals surface area contributed by atoms with Crippen LogP contribution in [0.5, 0.6) is 5.75 Å². The summed E-state index contributed by atoms with van der Waals surface area (Å²) in [6, 6.07) is 8.22. The van der Waals surface area contributed by atoms with Gasteiger partial charge in [-0.05, 0) is 64.8 Å². The Hall–Kier alpha value is -3.33. The van der Waals surface area contributed by atoms with Gasteiger partial charge in [0.1, 0.15) is 23.4 Å². The lowest BCUT2D eigenvalue weighted by Gasteiger charge is -2.35. The lowest BCUT2D eigenvalue weighted by atomic mass is 9.85. The smallest absolute Gasteiger partial charge is 0.328 e. The number of hydrogen-bond donors (Lipinski definition) is 2. The first-order valence-electron chi connectivity index (χ1n) is 14.1. The molecule has 0 saturated carbocycles. The number of urea groups is 1. The lowest BCUT2D eigenvalue weighted by molar-refractivity contribution is -0.152. The monoisotopic (exact) mass is 553 g/mol. The van der Waals surface area contributed by atoms with Crippen molar-refractivity contribution in [2.75, 3.05) is 34.4 Å². The molecule has 9 heteroatoms. The molecular formula is C31H43N3O6. The molecule has 2 aromatic rings. The number of amides is 3. The van der Waals surface area contributed by atoms with Crippen LogP contribution in [-0.2, 0) is 31.1 Å². The van der Waals surface area contributed by atoms with Crippen LogP contribution < -0.4 is 15.4 Å². The SMILES string of the molecule is COC(=O)[C@@H]1C[C@]2(OC)CN1C(=O)[C@H](C(C)(C)C)NC(=O)NCCCCCCc1cc3cc2ccc3cc1OC. The Morgan fingerprint density at radius 1 is 1.00 bits per heavy atom. The maximum absolute atomic E-state index is 14.1. The molecule has 4 rings (SSSR count). The Morgan fingerprint density at radius 3 is 2.42 bits per heavy atom. The number of benzene rings is 2. The molecule has 5 bridgehead atoms. The molecule has 2 aliphatic rings. The molecule has 3 amide bonds. The third-order valence-electron chi connectivity index (χ3n) is 8.28. The molecular weight excluding hydrogens is 510 g/mol. The Bertz CT molecular complexity index is 1260. The van der Waals surface area contributed by atoms with E-state index in [1.165, 1.54) is 12.0 Å². The quantitative estimate of drug-likeness (QED) is 0.550. The zero-order valence-electron chi connectivity index (χ0n) is 24.6. The van der Waals surface area contributed by atoms with Crippen molar-refractivity contribution in [1.82, 2.24) is 15.5 Å². The first-order chi connectivity index (χ1) is 19.0. The Morgan fingerprint density at radius 2 is 1.75 bits per heavy atom. The summed E-state index contributed by atoms with van der Waals surface area (Å²) in [4.78, 5) is 41.5. The van der Waals surface area contributed by atoms with E-state index in [1.54, 1.807) is 14.2 Å². The fourth-order valence-electron chi connectivity index (χ4n) is 5.91. The van der Waals surface area contributed by atoms with Gasteiger partial charge in [-0.1, -0.05) is 45.7 Å². The zero-order chi connectivity index (χ0) is 29.1. The van der Waals surface area contributed by atoms with E-state index in [4.69, 9.17) is 14.2 Å². The topological polar surface area (TPSA) is 106 Å². The highest BCUT2D eigenvalue weighted by molar-refractivity contribution is 5.92. The summed E-state index contributed by atoms with van der Waals surface area (Å²) in [5.41, 5.74) is 0.470. The summed E-state index contributed by atoms with van der Waals surface area (Å²) in [6.45, 7) is 6.35. The van der Waals surface area contributed by atoms with E-state index < -0.39 is 35.1 Å². The highest BCUT2D eigenvalue weighted by Crippen LogP contribution is 2.42. The summed E-state index contributed by atoms with van der Waals surface area (Å²) < 4.78 is 17.0. The molecule has 2 N–H and O–H groups in total. The van der Waals surface area contributed by atoms with E-state index in [0.717, 1.165) is 59.8 Å². The summed E-state index contributed by atoms with van der Waals surface area (Å²) in [5, 5.41) is 7.87. The second-order valence-corrected chi connectivity index (χ2v) is 12.0. The highest BCUT2D eigenvalue weighted by Gasteiger charge is 2.53. The van der Waals surface area contributed by atoms with E-state index in [-0.39, 0.29) is 18.9 Å². The average Bonchev–Trinajstić information content (AvgIpc) is 3.34. The minimum Gasteiger partial charge on any atom is -0.496 e. The number of nitrogens with zero attached hydrogens (tertiary/aromatic N) is 1. The van der Waals surface area contributed by atoms with Crippen molar-refractivity contribution >= 4 is 28.7 Å². The van der Waals surface area contributed by atoms with Gasteiger partial charge in [-0.25, -0.2) is 9.59 Å². The lowest BCUT2D eigenvalue weighted by Crippen LogP contribution is -2.58. The molecule has 2 aromatic carbocycles. The van der Waals surface area contributed by atoms with Gasteiger partial charge in [0.2, 0.25) is 5.91 Å². The summed E-state index contributed by atoms with van der Waals surface area (Å²) >= 11 is 0. The van der Waals surface area contributed by atoms with Crippen molar-refractivity contribution in [2.45, 2.75) is 77.0 Å². The number of carbonyl (C=O) groups is 3. The fraction of sp³-hybridized carbons (Fsp3) is 0.581. The van der Waals surface area contributed by atoms with Crippen LogP contribution in [0.1, 0.15) is 64.0 Å². The number of hydrogen-bond acceptors (Lipinski definition) is 6. The first kappa shape index (κ1) is 29.6. The van der Waals surface area contributed by atoms with Gasteiger partial charge in [0.05, 0.1) is 20.8 Å². The fourth-order valence-corrected chi connectivity index (χ4v) is 5.91. The standard InChI is InChI=1S/C31H43N3O6/c1-30(2,3)26-27(35)34-19-31(40-6,18-24(34)28(36)39-5)23-13-12-20-17-25(38-4)21(15-22(20)16-23)11-9-7-8-10-14-32-29(37)33-26/h12-13,15-17,24,26H,7-11,14,18-19H2,1-6H3,(H2,32,33,37)/t24-,26+,31-/m0/s1. The third-order valence-corrected chi connectivity index (χ3v) is 8.28. The van der Waals surface area contributed by atoms with Crippen LogP contribution in [0.2, 0.25) is 0 Å². The Kier molecular flexibility index (Phi) is 8.93. The number of fused-ring (bicyclic) bond motifs is 5. The normalized spacial score (nSPS) is 24.7. The molecule has 9 nitrogen and oxygen atoms in total. The number of nitrogens with one attached hydrogen (secondary N) is 2. The van der Waals surface area contributed by atoms with Crippen molar-refractivity contribution in [3.8, 4) is 5.75 Å². The minimum absolute atomic E-state index is 0.145. The van der Waals surface area contributed by atoms with E-state index in [1.807, 2.05) is 32.9 Å². The largest absolute Gasteiger partial charge is 0.496 e. The van der Waals surface area contributed by atoms with Gasteiger partial charge in [-0.3, -0.25) is 4.79 Å². The number of esters is 1. The van der Waals surface area contributed by atoms with Gasteiger partial charge in [-0.15, -0.1) is 0 Å². The number of methoxy groups -OCH3 is 3. The maximum atomic E-state index is 14.1. The van der Waals surface area contributed by atoms with Crippen LogP contribution in [0.25, 0.3) is 10.8 Å². The molecule has 2 aliphatic heterocycles. The van der Waals surface area contributed by atoms with Crippen LogP contribution in [0.4, 0.5) is 4.79 Å². The molecule has 0 spiro atoms. The minimum atomic E-state index is -0.934. The van der Waals surface area contributed by atoms with Crippen molar-refractivity contribution in [2.24, 2.45) is 5.41 Å². The zero-order valence-corrected chi connectivity index (χ0v) is 24.6. The van der Waals surface area contributed by atoms with Crippen LogP contribution in [0, 0.1) is 5.41 Å². The van der Waals surface area contributed by atoms with E-state index in [2.05, 4.69) is 28.8 Å². The maximum Gasteiger partial charge on any atom is 0.328 e. The van der Waals surface area contributed by atoms with Crippen molar-refractivity contribution in [1.29, 1.82) is 0 Å².